The Bertz CT molecular complexity index is 439. The smallest absolute Gasteiger partial charge is 0.328 e. The largest absolute Gasteiger partial charge is 0.467 e. The van der Waals surface area contributed by atoms with Crippen LogP contribution in [0, 0.1) is 13.8 Å². The second-order valence-corrected chi connectivity index (χ2v) is 4.52. The van der Waals surface area contributed by atoms with E-state index in [0.29, 0.717) is 0 Å². The molecule has 0 aliphatic carbocycles. The Balaban J connectivity index is 2.35. The molecule has 0 bridgehead atoms. The van der Waals surface area contributed by atoms with Crippen molar-refractivity contribution in [2.24, 2.45) is 7.05 Å². The number of nitrogens with zero attached hydrogens (tertiary/aromatic N) is 3. The van der Waals surface area contributed by atoms with Crippen LogP contribution in [-0.4, -0.2) is 35.4 Å². The van der Waals surface area contributed by atoms with Gasteiger partial charge >= 0.3 is 5.97 Å². The minimum absolute atomic E-state index is 0.148. The van der Waals surface area contributed by atoms with Crippen LogP contribution < -0.4 is 4.90 Å². The van der Waals surface area contributed by atoms with E-state index >= 15 is 0 Å². The molecule has 2 rings (SSSR count). The summed E-state index contributed by atoms with van der Waals surface area (Å²) in [4.78, 5) is 13.9. The molecule has 1 saturated heterocycles. The van der Waals surface area contributed by atoms with Gasteiger partial charge < -0.3 is 9.64 Å². The molecular weight excluding hydrogens is 218 g/mol. The maximum Gasteiger partial charge on any atom is 0.328 e. The van der Waals surface area contributed by atoms with Gasteiger partial charge in [0.25, 0.3) is 0 Å². The summed E-state index contributed by atoms with van der Waals surface area (Å²) in [5.74, 6) is -0.148. The van der Waals surface area contributed by atoms with Crippen LogP contribution in [0.5, 0.6) is 0 Å². The summed E-state index contributed by atoms with van der Waals surface area (Å²) in [6.45, 7) is 4.91. The topological polar surface area (TPSA) is 47.4 Å². The monoisotopic (exact) mass is 237 g/mol. The molecular formula is C12H19N3O2. The molecule has 0 radical (unpaired) electrons. The minimum Gasteiger partial charge on any atom is -0.467 e. The number of carbonyl (C=O) groups is 1. The molecule has 5 heteroatoms. The first-order valence-corrected chi connectivity index (χ1v) is 5.91. The van der Waals surface area contributed by atoms with Crippen LogP contribution in [-0.2, 0) is 16.6 Å². The van der Waals surface area contributed by atoms with E-state index in [1.807, 2.05) is 25.6 Å². The lowest BCUT2D eigenvalue weighted by atomic mass is 10.2. The van der Waals surface area contributed by atoms with Crippen LogP contribution in [0.2, 0.25) is 0 Å². The average molecular weight is 237 g/mol. The van der Waals surface area contributed by atoms with Gasteiger partial charge in [0, 0.05) is 13.6 Å². The number of ether oxygens (including phenoxy) is 1. The zero-order chi connectivity index (χ0) is 12.6. The summed E-state index contributed by atoms with van der Waals surface area (Å²) in [5, 5.41) is 4.40. The molecule has 0 spiro atoms. The molecule has 1 unspecified atom stereocenters. The molecule has 1 aliphatic rings. The number of anilines is 1. The molecule has 0 aromatic carbocycles. The maximum absolute atomic E-state index is 11.7. The molecule has 0 saturated carbocycles. The third-order valence-corrected chi connectivity index (χ3v) is 3.48. The Labute approximate surface area is 101 Å². The molecule has 94 valence electrons. The molecule has 1 fully saturated rings. The number of methoxy groups -OCH3 is 1. The first kappa shape index (κ1) is 12.0. The number of aryl methyl sites for hydroxylation is 2. The van der Waals surface area contributed by atoms with E-state index in [2.05, 4.69) is 10.00 Å². The zero-order valence-corrected chi connectivity index (χ0v) is 10.9. The summed E-state index contributed by atoms with van der Waals surface area (Å²) in [7, 11) is 3.37. The highest BCUT2D eigenvalue weighted by Gasteiger charge is 2.34. The van der Waals surface area contributed by atoms with E-state index in [-0.39, 0.29) is 12.0 Å². The van der Waals surface area contributed by atoms with Crippen molar-refractivity contribution in [3.8, 4) is 0 Å². The second kappa shape index (κ2) is 4.39. The van der Waals surface area contributed by atoms with Crippen molar-refractivity contribution in [1.82, 2.24) is 9.78 Å². The molecule has 1 atom stereocenters. The number of carbonyl (C=O) groups excluding carboxylic acids is 1. The zero-order valence-electron chi connectivity index (χ0n) is 10.9. The molecule has 1 aliphatic heterocycles. The lowest BCUT2D eigenvalue weighted by molar-refractivity contribution is -0.141. The lowest BCUT2D eigenvalue weighted by Gasteiger charge is -2.25. The fraction of sp³-hybridized carbons (Fsp3) is 0.667. The normalized spacial score (nSPS) is 19.8. The van der Waals surface area contributed by atoms with Gasteiger partial charge in [-0.15, -0.1) is 0 Å². The summed E-state index contributed by atoms with van der Waals surface area (Å²) < 4.78 is 6.72. The number of rotatable bonds is 2. The first-order valence-electron chi connectivity index (χ1n) is 5.91. The first-order chi connectivity index (χ1) is 8.06. The summed E-state index contributed by atoms with van der Waals surface area (Å²) in [6.07, 6.45) is 1.88. The molecule has 0 N–H and O–H groups in total. The second-order valence-electron chi connectivity index (χ2n) is 4.52. The van der Waals surface area contributed by atoms with Crippen molar-refractivity contribution in [2.45, 2.75) is 32.7 Å². The number of hydrogen-bond acceptors (Lipinski definition) is 4. The lowest BCUT2D eigenvalue weighted by Crippen LogP contribution is -2.37. The van der Waals surface area contributed by atoms with E-state index < -0.39 is 0 Å². The van der Waals surface area contributed by atoms with Gasteiger partial charge in [-0.05, 0) is 26.7 Å². The van der Waals surface area contributed by atoms with Crippen molar-refractivity contribution < 1.29 is 9.53 Å². The van der Waals surface area contributed by atoms with Crippen molar-refractivity contribution in [1.29, 1.82) is 0 Å². The molecule has 17 heavy (non-hydrogen) atoms. The predicted molar refractivity (Wildman–Crippen MR) is 65.1 cm³/mol. The standard InChI is InChI=1S/C12H19N3O2/c1-8-11(9(2)14(3)13-8)15-7-5-6-10(15)12(16)17-4/h10H,5-7H2,1-4H3. The number of aromatic nitrogens is 2. The number of esters is 1. The average Bonchev–Trinajstić information content (AvgIpc) is 2.84. The Kier molecular flexibility index (Phi) is 3.09. The van der Waals surface area contributed by atoms with Crippen LogP contribution in [0.15, 0.2) is 0 Å². The van der Waals surface area contributed by atoms with Gasteiger partial charge in [0.05, 0.1) is 24.2 Å². The summed E-state index contributed by atoms with van der Waals surface area (Å²) >= 11 is 0. The Morgan fingerprint density at radius 1 is 1.47 bits per heavy atom. The Morgan fingerprint density at radius 2 is 2.18 bits per heavy atom. The van der Waals surface area contributed by atoms with Crippen molar-refractivity contribution in [3.05, 3.63) is 11.4 Å². The maximum atomic E-state index is 11.7. The Morgan fingerprint density at radius 3 is 2.71 bits per heavy atom. The van der Waals surface area contributed by atoms with E-state index in [4.69, 9.17) is 4.74 Å². The van der Waals surface area contributed by atoms with Crippen LogP contribution in [0.3, 0.4) is 0 Å². The van der Waals surface area contributed by atoms with E-state index in [1.165, 1.54) is 7.11 Å². The van der Waals surface area contributed by atoms with Gasteiger partial charge in [0.15, 0.2) is 0 Å². The summed E-state index contributed by atoms with van der Waals surface area (Å²) in [5.41, 5.74) is 3.15. The fourth-order valence-electron chi connectivity index (χ4n) is 2.59. The van der Waals surface area contributed by atoms with E-state index in [1.54, 1.807) is 0 Å². The minimum atomic E-state index is -0.151. The van der Waals surface area contributed by atoms with Crippen LogP contribution in [0.4, 0.5) is 5.69 Å². The number of hydrogen-bond donors (Lipinski definition) is 0. The molecule has 2 heterocycles. The van der Waals surface area contributed by atoms with Gasteiger partial charge in [0.1, 0.15) is 6.04 Å². The Hall–Kier alpha value is -1.52. The van der Waals surface area contributed by atoms with Crippen LogP contribution >= 0.6 is 0 Å². The molecule has 5 nitrogen and oxygen atoms in total. The van der Waals surface area contributed by atoms with Gasteiger partial charge in [0.2, 0.25) is 0 Å². The molecule has 1 aromatic rings. The quantitative estimate of drug-likeness (QED) is 0.725. The summed E-state index contributed by atoms with van der Waals surface area (Å²) in [6, 6.07) is -0.151. The van der Waals surface area contributed by atoms with Gasteiger partial charge in [-0.2, -0.15) is 5.10 Å². The highest BCUT2D eigenvalue weighted by molar-refractivity contribution is 5.81. The highest BCUT2D eigenvalue weighted by atomic mass is 16.5. The third-order valence-electron chi connectivity index (χ3n) is 3.48. The molecule has 1 aromatic heterocycles. The van der Waals surface area contributed by atoms with Crippen LogP contribution in [0.1, 0.15) is 24.2 Å². The van der Waals surface area contributed by atoms with Crippen LogP contribution in [0.25, 0.3) is 0 Å². The fourth-order valence-corrected chi connectivity index (χ4v) is 2.59. The van der Waals surface area contributed by atoms with E-state index in [0.717, 1.165) is 36.5 Å². The van der Waals surface area contributed by atoms with Crippen molar-refractivity contribution >= 4 is 11.7 Å². The van der Waals surface area contributed by atoms with Crippen molar-refractivity contribution in [3.63, 3.8) is 0 Å². The highest BCUT2D eigenvalue weighted by Crippen LogP contribution is 2.31. The van der Waals surface area contributed by atoms with E-state index in [9.17, 15) is 4.79 Å². The van der Waals surface area contributed by atoms with Gasteiger partial charge in [-0.25, -0.2) is 4.79 Å². The SMILES string of the molecule is COC(=O)C1CCCN1c1c(C)nn(C)c1C. The van der Waals surface area contributed by atoms with Gasteiger partial charge in [-0.3, -0.25) is 4.68 Å². The predicted octanol–water partition coefficient (Wildman–Crippen LogP) is 1.18. The third kappa shape index (κ3) is 1.90. The van der Waals surface area contributed by atoms with Gasteiger partial charge in [-0.1, -0.05) is 0 Å². The molecule has 0 amide bonds. The van der Waals surface area contributed by atoms with Crippen molar-refractivity contribution in [2.75, 3.05) is 18.6 Å².